The summed E-state index contributed by atoms with van der Waals surface area (Å²) in [4.78, 5) is 45.9. The quantitative estimate of drug-likeness (QED) is 0.248. The van der Waals surface area contributed by atoms with Gasteiger partial charge in [-0.3, -0.25) is 15.0 Å². The van der Waals surface area contributed by atoms with E-state index in [0.29, 0.717) is 38.6 Å². The minimum Gasteiger partial charge on any atom is -0.493 e. The summed E-state index contributed by atoms with van der Waals surface area (Å²) in [5, 5.41) is 2.66. The minimum absolute atomic E-state index is 0.0861. The molecule has 1 saturated heterocycles. The highest BCUT2D eigenvalue weighted by Crippen LogP contribution is 2.26. The molecule has 10 nitrogen and oxygen atoms in total. The van der Waals surface area contributed by atoms with Gasteiger partial charge in [0.25, 0.3) is 0 Å². The van der Waals surface area contributed by atoms with Crippen molar-refractivity contribution in [3.63, 3.8) is 0 Å². The molecule has 0 spiro atoms. The first-order valence-electron chi connectivity index (χ1n) is 15.4. The summed E-state index contributed by atoms with van der Waals surface area (Å²) in [6, 6.07) is 15.5. The van der Waals surface area contributed by atoms with Crippen LogP contribution in [0, 0.1) is 5.92 Å². The van der Waals surface area contributed by atoms with Crippen molar-refractivity contribution in [2.75, 3.05) is 32.8 Å². The maximum absolute atomic E-state index is 12.6. The molecule has 0 bridgehead atoms. The first-order valence-corrected chi connectivity index (χ1v) is 15.4. The normalized spacial score (nSPS) is 16.6. The van der Waals surface area contributed by atoms with Crippen LogP contribution in [0.1, 0.15) is 75.9 Å². The van der Waals surface area contributed by atoms with E-state index < -0.39 is 23.4 Å². The van der Waals surface area contributed by atoms with Crippen molar-refractivity contribution in [2.24, 2.45) is 10.9 Å². The summed E-state index contributed by atoms with van der Waals surface area (Å²) in [6.45, 7) is 14.4. The molecule has 44 heavy (non-hydrogen) atoms. The number of amides is 2. The van der Waals surface area contributed by atoms with Crippen LogP contribution in [0.5, 0.6) is 5.75 Å². The van der Waals surface area contributed by atoms with E-state index in [1.807, 2.05) is 47.4 Å². The number of guanidine groups is 1. The number of ketones is 1. The zero-order valence-electron chi connectivity index (χ0n) is 26.9. The molecule has 0 unspecified atom stereocenters. The summed E-state index contributed by atoms with van der Waals surface area (Å²) < 4.78 is 17.0. The Morgan fingerprint density at radius 3 is 2.23 bits per heavy atom. The second-order valence-electron chi connectivity index (χ2n) is 13.5. The number of aliphatic imine (C=N–C) groups is 1. The monoisotopic (exact) mass is 606 g/mol. The number of nitrogens with one attached hydrogen (secondary N) is 1. The second kappa shape index (κ2) is 14.2. The Bertz CT molecular complexity index is 1340. The lowest BCUT2D eigenvalue weighted by molar-refractivity contribution is 0.0553. The Hall–Kier alpha value is -3.92. The van der Waals surface area contributed by atoms with Gasteiger partial charge in [0.2, 0.25) is 5.96 Å². The maximum atomic E-state index is 12.6. The molecule has 0 saturated carbocycles. The molecule has 0 aliphatic carbocycles. The summed E-state index contributed by atoms with van der Waals surface area (Å²) >= 11 is 0. The van der Waals surface area contributed by atoms with Gasteiger partial charge in [0.1, 0.15) is 17.0 Å². The van der Waals surface area contributed by atoms with Crippen LogP contribution in [0.3, 0.4) is 0 Å². The molecule has 2 aromatic rings. The summed E-state index contributed by atoms with van der Waals surface area (Å²) in [7, 11) is 0. The Morgan fingerprint density at radius 2 is 1.57 bits per heavy atom. The van der Waals surface area contributed by atoms with E-state index in [0.717, 1.165) is 42.8 Å². The highest BCUT2D eigenvalue weighted by molar-refractivity contribution is 5.99. The number of fused-ring (bicyclic) bond motifs is 1. The number of Topliss-reactive ketones (excluding diaryl/α,β-unsaturated/α-hetero) is 1. The van der Waals surface area contributed by atoms with Gasteiger partial charge in [0.15, 0.2) is 5.78 Å². The van der Waals surface area contributed by atoms with Crippen LogP contribution in [0.15, 0.2) is 53.5 Å². The number of hydrogen-bond donors (Lipinski definition) is 1. The van der Waals surface area contributed by atoms with Gasteiger partial charge in [-0.2, -0.15) is 0 Å². The Morgan fingerprint density at radius 1 is 0.886 bits per heavy atom. The van der Waals surface area contributed by atoms with Gasteiger partial charge in [0, 0.05) is 18.7 Å². The molecule has 2 aromatic carbocycles. The van der Waals surface area contributed by atoms with E-state index in [-0.39, 0.29) is 11.7 Å². The van der Waals surface area contributed by atoms with Gasteiger partial charge in [-0.05, 0) is 103 Å². The lowest BCUT2D eigenvalue weighted by Crippen LogP contribution is -2.48. The third-order valence-electron chi connectivity index (χ3n) is 7.35. The molecule has 2 aliphatic heterocycles. The van der Waals surface area contributed by atoms with Crippen LogP contribution in [-0.4, -0.2) is 77.7 Å². The van der Waals surface area contributed by atoms with Crippen molar-refractivity contribution >= 4 is 23.9 Å². The lowest BCUT2D eigenvalue weighted by atomic mass is 9.97. The number of likely N-dealkylation sites (tertiary alicyclic amines) is 1. The number of ether oxygens (including phenoxy) is 3. The molecule has 2 aliphatic rings. The molecule has 1 N–H and O–H groups in total. The molecule has 4 rings (SSSR count). The lowest BCUT2D eigenvalue weighted by Gasteiger charge is -2.32. The number of piperidine rings is 1. The van der Waals surface area contributed by atoms with Crippen molar-refractivity contribution in [3.05, 3.63) is 65.2 Å². The van der Waals surface area contributed by atoms with Gasteiger partial charge in [0.05, 0.1) is 13.2 Å². The van der Waals surface area contributed by atoms with Crippen molar-refractivity contribution in [1.82, 2.24) is 15.1 Å². The topological polar surface area (TPSA) is 110 Å². The average Bonchev–Trinajstić information content (AvgIpc) is 2.94. The fourth-order valence-electron chi connectivity index (χ4n) is 5.19. The number of hydrogen-bond acceptors (Lipinski definition) is 7. The van der Waals surface area contributed by atoms with E-state index in [2.05, 4.69) is 21.3 Å². The average molecular weight is 607 g/mol. The predicted molar refractivity (Wildman–Crippen MR) is 169 cm³/mol. The van der Waals surface area contributed by atoms with Crippen LogP contribution in [0.25, 0.3) is 0 Å². The van der Waals surface area contributed by atoms with E-state index >= 15 is 0 Å². The number of rotatable bonds is 6. The number of carbonyl (C=O) groups excluding carboxylic acids is 3. The van der Waals surface area contributed by atoms with Gasteiger partial charge in [-0.25, -0.2) is 9.59 Å². The van der Waals surface area contributed by atoms with E-state index in [1.54, 1.807) is 41.5 Å². The van der Waals surface area contributed by atoms with E-state index in [4.69, 9.17) is 14.2 Å². The molecule has 0 radical (unpaired) electrons. The molecule has 0 aromatic heterocycles. The number of carbonyl (C=O) groups is 3. The van der Waals surface area contributed by atoms with Crippen LogP contribution in [0.2, 0.25) is 0 Å². The zero-order chi connectivity index (χ0) is 31.9. The van der Waals surface area contributed by atoms with Crippen molar-refractivity contribution < 1.29 is 28.6 Å². The van der Waals surface area contributed by atoms with Gasteiger partial charge in [-0.15, -0.1) is 4.99 Å². The fourth-order valence-corrected chi connectivity index (χ4v) is 5.19. The van der Waals surface area contributed by atoms with Crippen molar-refractivity contribution in [3.8, 4) is 5.75 Å². The van der Waals surface area contributed by atoms with E-state index in [9.17, 15) is 14.4 Å². The fraction of sp³-hybridized carbons (Fsp3) is 0.529. The Labute approximate surface area is 260 Å². The van der Waals surface area contributed by atoms with Crippen molar-refractivity contribution in [2.45, 2.75) is 78.6 Å². The van der Waals surface area contributed by atoms with Gasteiger partial charge < -0.3 is 19.1 Å². The van der Waals surface area contributed by atoms with E-state index in [1.165, 1.54) is 5.56 Å². The Kier molecular flexibility index (Phi) is 10.7. The standard InChI is InChI=1S/C34H46N4O6/c1-33(2,3)43-31(40)35-30(36-32(41)44-34(4,5)6)38-19-16-25-12-13-28(20-27(25)21-38)42-23-24-14-17-37(18-15-24)22-29(39)26-10-8-7-9-11-26/h7-13,20,24H,14-19,21-23H2,1-6H3,(H,35,36,40,41). The SMILES string of the molecule is CC(C)(C)OC(=O)N=C(NC(=O)OC(C)(C)C)N1CCc2ccc(OCC3CCN(CC(=O)c4ccccc4)CC3)cc2C1. The van der Waals surface area contributed by atoms with Crippen LogP contribution >= 0.6 is 0 Å². The minimum atomic E-state index is -0.790. The third kappa shape index (κ3) is 10.4. The van der Waals surface area contributed by atoms with Gasteiger partial charge >= 0.3 is 12.2 Å². The molecule has 0 atom stereocenters. The van der Waals surface area contributed by atoms with Gasteiger partial charge in [-0.1, -0.05) is 36.4 Å². The van der Waals surface area contributed by atoms with Crippen LogP contribution < -0.4 is 10.1 Å². The largest absolute Gasteiger partial charge is 0.493 e. The maximum Gasteiger partial charge on any atom is 0.437 e. The van der Waals surface area contributed by atoms with Crippen LogP contribution in [-0.2, 0) is 22.4 Å². The van der Waals surface area contributed by atoms with Crippen LogP contribution in [0.4, 0.5) is 9.59 Å². The first kappa shape index (κ1) is 33.0. The Balaban J connectivity index is 1.34. The first-order chi connectivity index (χ1) is 20.7. The third-order valence-corrected chi connectivity index (χ3v) is 7.35. The molecule has 2 amide bonds. The molecule has 238 valence electrons. The highest BCUT2D eigenvalue weighted by Gasteiger charge is 2.27. The number of benzene rings is 2. The molecular formula is C34H46N4O6. The highest BCUT2D eigenvalue weighted by atomic mass is 16.6. The smallest absolute Gasteiger partial charge is 0.437 e. The summed E-state index contributed by atoms with van der Waals surface area (Å²) in [5.41, 5.74) is 1.53. The van der Waals surface area contributed by atoms with Crippen molar-refractivity contribution in [1.29, 1.82) is 0 Å². The molecule has 2 heterocycles. The molecule has 10 heteroatoms. The predicted octanol–water partition coefficient (Wildman–Crippen LogP) is 5.83. The molecule has 1 fully saturated rings. The number of alkyl carbamates (subject to hydrolysis) is 1. The second-order valence-corrected chi connectivity index (χ2v) is 13.5. The zero-order valence-corrected chi connectivity index (χ0v) is 26.9. The summed E-state index contributed by atoms with van der Waals surface area (Å²) in [6.07, 6.45) is 1.17. The number of nitrogens with zero attached hydrogens (tertiary/aromatic N) is 3. The molecular weight excluding hydrogens is 560 g/mol. The summed E-state index contributed by atoms with van der Waals surface area (Å²) in [5.74, 6) is 1.43.